The second-order valence-corrected chi connectivity index (χ2v) is 6.01. The van der Waals surface area contributed by atoms with E-state index in [0.717, 1.165) is 5.56 Å². The number of nitro groups is 1. The van der Waals surface area contributed by atoms with Gasteiger partial charge >= 0.3 is 5.82 Å². The second kappa shape index (κ2) is 6.60. The first-order valence-electron chi connectivity index (χ1n) is 7.33. The predicted octanol–water partition coefficient (Wildman–Crippen LogP) is 2.27. The molecular formula is C16H20N4O3. The fourth-order valence-electron chi connectivity index (χ4n) is 2.27. The Balaban J connectivity index is 2.00. The predicted molar refractivity (Wildman–Crippen MR) is 86.0 cm³/mol. The van der Waals surface area contributed by atoms with Gasteiger partial charge in [-0.1, -0.05) is 44.2 Å². The summed E-state index contributed by atoms with van der Waals surface area (Å²) in [5.74, 6) is -0.505. The van der Waals surface area contributed by atoms with Gasteiger partial charge in [0.1, 0.15) is 6.54 Å². The number of amides is 1. The van der Waals surface area contributed by atoms with Crippen molar-refractivity contribution in [2.45, 2.75) is 38.8 Å². The summed E-state index contributed by atoms with van der Waals surface area (Å²) in [7, 11) is 0. The number of benzene rings is 1. The Labute approximate surface area is 134 Å². The average Bonchev–Trinajstić information content (AvgIpc) is 2.96. The molecule has 1 heterocycles. The van der Waals surface area contributed by atoms with E-state index in [9.17, 15) is 14.9 Å². The first-order valence-corrected chi connectivity index (χ1v) is 7.33. The molecule has 0 fully saturated rings. The van der Waals surface area contributed by atoms with Crippen LogP contribution in [0.2, 0.25) is 0 Å². The molecule has 7 heteroatoms. The first kappa shape index (κ1) is 16.7. The zero-order valence-electron chi connectivity index (χ0n) is 13.4. The molecule has 0 aliphatic heterocycles. The Kier molecular flexibility index (Phi) is 4.78. The van der Waals surface area contributed by atoms with Crippen molar-refractivity contribution in [3.05, 3.63) is 58.3 Å². The highest BCUT2D eigenvalue weighted by atomic mass is 16.6. The average molecular weight is 316 g/mol. The third kappa shape index (κ3) is 3.94. The van der Waals surface area contributed by atoms with E-state index in [1.165, 1.54) is 16.9 Å². The van der Waals surface area contributed by atoms with Gasteiger partial charge in [-0.25, -0.2) is 0 Å². The molecule has 2 rings (SSSR count). The number of rotatable bonds is 6. The van der Waals surface area contributed by atoms with Gasteiger partial charge in [0.25, 0.3) is 0 Å². The van der Waals surface area contributed by atoms with Crippen LogP contribution in [0.25, 0.3) is 0 Å². The van der Waals surface area contributed by atoms with Gasteiger partial charge in [-0.15, -0.1) is 0 Å². The van der Waals surface area contributed by atoms with Crippen LogP contribution < -0.4 is 5.32 Å². The van der Waals surface area contributed by atoms with Gasteiger partial charge in [0, 0.05) is 11.5 Å². The van der Waals surface area contributed by atoms with Crippen LogP contribution in [0.3, 0.4) is 0 Å². The Bertz CT molecular complexity index is 694. The van der Waals surface area contributed by atoms with E-state index in [4.69, 9.17) is 0 Å². The molecule has 0 bridgehead atoms. The number of carbonyl (C=O) groups is 1. The first-order chi connectivity index (χ1) is 10.8. The summed E-state index contributed by atoms with van der Waals surface area (Å²) in [6.07, 6.45) is 1.42. The molecule has 1 atom stereocenters. The van der Waals surface area contributed by atoms with Crippen molar-refractivity contribution in [2.24, 2.45) is 0 Å². The number of hydrogen-bond acceptors (Lipinski definition) is 4. The second-order valence-electron chi connectivity index (χ2n) is 6.01. The Morgan fingerprint density at radius 1 is 1.35 bits per heavy atom. The highest BCUT2D eigenvalue weighted by Crippen LogP contribution is 2.26. The van der Waals surface area contributed by atoms with Crippen LogP contribution in [0.5, 0.6) is 0 Å². The minimum absolute atomic E-state index is 0.0525. The molecule has 0 aliphatic carbocycles. The topological polar surface area (TPSA) is 90.1 Å². The molecule has 0 aliphatic rings. The summed E-state index contributed by atoms with van der Waals surface area (Å²) in [4.78, 5) is 22.1. The van der Waals surface area contributed by atoms with Gasteiger partial charge in [-0.05, 0) is 17.4 Å². The van der Waals surface area contributed by atoms with E-state index in [2.05, 4.69) is 24.3 Å². The third-order valence-corrected chi connectivity index (χ3v) is 4.10. The summed E-state index contributed by atoms with van der Waals surface area (Å²) in [6, 6.07) is 11.1. The molecule has 0 radical (unpaired) electrons. The lowest BCUT2D eigenvalue weighted by Gasteiger charge is -2.33. The Morgan fingerprint density at radius 2 is 2.00 bits per heavy atom. The maximum Gasteiger partial charge on any atom is 0.389 e. The fraction of sp³-hybridized carbons (Fsp3) is 0.375. The number of carbonyl (C=O) groups excluding carboxylic acids is 1. The van der Waals surface area contributed by atoms with Crippen molar-refractivity contribution in [3.8, 4) is 0 Å². The van der Waals surface area contributed by atoms with Crippen LogP contribution in [-0.4, -0.2) is 26.7 Å². The zero-order chi connectivity index (χ0) is 17.0. The molecule has 0 saturated heterocycles. The van der Waals surface area contributed by atoms with E-state index in [0.29, 0.717) is 0 Å². The van der Waals surface area contributed by atoms with Crippen molar-refractivity contribution in [2.75, 3.05) is 0 Å². The highest BCUT2D eigenvalue weighted by Gasteiger charge is 2.29. The van der Waals surface area contributed by atoms with Crippen LogP contribution in [0, 0.1) is 10.1 Å². The van der Waals surface area contributed by atoms with Crippen LogP contribution in [0.4, 0.5) is 5.82 Å². The van der Waals surface area contributed by atoms with E-state index < -0.39 is 4.92 Å². The molecule has 23 heavy (non-hydrogen) atoms. The Morgan fingerprint density at radius 3 is 2.57 bits per heavy atom. The molecular weight excluding hydrogens is 296 g/mol. The Hall–Kier alpha value is -2.70. The van der Waals surface area contributed by atoms with Crippen molar-refractivity contribution >= 4 is 11.7 Å². The molecule has 7 nitrogen and oxygen atoms in total. The lowest BCUT2D eigenvalue weighted by Crippen LogP contribution is -2.46. The lowest BCUT2D eigenvalue weighted by atomic mass is 9.78. The van der Waals surface area contributed by atoms with Gasteiger partial charge in [0.15, 0.2) is 0 Å². The SMILES string of the molecule is C[C@@H](NC(=O)Cn1ccc([N+](=O)[O-])n1)C(C)(C)c1ccccc1. The molecule has 1 aromatic heterocycles. The van der Waals surface area contributed by atoms with Crippen molar-refractivity contribution in [3.63, 3.8) is 0 Å². The summed E-state index contributed by atoms with van der Waals surface area (Å²) in [5.41, 5.74) is 0.884. The summed E-state index contributed by atoms with van der Waals surface area (Å²) in [6.45, 7) is 6.01. The van der Waals surface area contributed by atoms with Crippen molar-refractivity contribution in [1.29, 1.82) is 0 Å². The molecule has 1 N–H and O–H groups in total. The third-order valence-electron chi connectivity index (χ3n) is 4.10. The summed E-state index contributed by atoms with van der Waals surface area (Å²) >= 11 is 0. The van der Waals surface area contributed by atoms with Gasteiger partial charge in [0.2, 0.25) is 5.91 Å². The minimum atomic E-state index is -0.588. The van der Waals surface area contributed by atoms with E-state index in [-0.39, 0.29) is 29.7 Å². The minimum Gasteiger partial charge on any atom is -0.358 e. The van der Waals surface area contributed by atoms with E-state index in [1.807, 2.05) is 37.3 Å². The molecule has 1 amide bonds. The fourth-order valence-corrected chi connectivity index (χ4v) is 2.27. The van der Waals surface area contributed by atoms with Crippen LogP contribution >= 0.6 is 0 Å². The highest BCUT2D eigenvalue weighted by molar-refractivity contribution is 5.76. The number of nitrogens with one attached hydrogen (secondary N) is 1. The molecule has 1 aromatic carbocycles. The number of hydrogen-bond donors (Lipinski definition) is 1. The zero-order valence-corrected chi connectivity index (χ0v) is 13.4. The van der Waals surface area contributed by atoms with E-state index >= 15 is 0 Å². The normalized spacial score (nSPS) is 12.7. The van der Waals surface area contributed by atoms with Gasteiger partial charge in [-0.2, -0.15) is 4.68 Å². The van der Waals surface area contributed by atoms with Crippen LogP contribution in [0.15, 0.2) is 42.6 Å². The van der Waals surface area contributed by atoms with Crippen molar-refractivity contribution < 1.29 is 9.72 Å². The molecule has 122 valence electrons. The quantitative estimate of drug-likeness (QED) is 0.654. The maximum absolute atomic E-state index is 12.1. The molecule has 0 unspecified atom stereocenters. The van der Waals surface area contributed by atoms with Crippen LogP contribution in [0.1, 0.15) is 26.3 Å². The smallest absolute Gasteiger partial charge is 0.358 e. The summed E-state index contributed by atoms with van der Waals surface area (Å²) < 4.78 is 1.26. The maximum atomic E-state index is 12.1. The van der Waals surface area contributed by atoms with Gasteiger partial charge in [0.05, 0.1) is 17.4 Å². The van der Waals surface area contributed by atoms with Crippen molar-refractivity contribution in [1.82, 2.24) is 15.1 Å². The van der Waals surface area contributed by atoms with Gasteiger partial charge < -0.3 is 15.4 Å². The molecule has 0 saturated carbocycles. The number of nitrogens with zero attached hydrogens (tertiary/aromatic N) is 3. The van der Waals surface area contributed by atoms with Crippen LogP contribution in [-0.2, 0) is 16.8 Å². The molecule has 0 spiro atoms. The summed E-state index contributed by atoms with van der Waals surface area (Å²) in [5, 5.41) is 17.3. The van der Waals surface area contributed by atoms with Gasteiger partial charge in [-0.3, -0.25) is 4.79 Å². The number of aromatic nitrogens is 2. The van der Waals surface area contributed by atoms with E-state index in [1.54, 1.807) is 0 Å². The monoisotopic (exact) mass is 316 g/mol. The standard InChI is InChI=1S/C16H20N4O3/c1-12(16(2,3)13-7-5-4-6-8-13)17-15(21)11-19-10-9-14(18-19)20(22)23/h4-10,12H,11H2,1-3H3,(H,17,21)/t12-/m1/s1. The lowest BCUT2D eigenvalue weighted by molar-refractivity contribution is -0.389. The molecule has 2 aromatic rings. The largest absolute Gasteiger partial charge is 0.389 e.